The Morgan fingerprint density at radius 2 is 2.04 bits per heavy atom. The molecule has 0 aliphatic rings. The number of rotatable bonds is 4. The fourth-order valence-electron chi connectivity index (χ4n) is 2.32. The molecule has 2 heterocycles. The number of aromatic nitrogens is 4. The highest BCUT2D eigenvalue weighted by atomic mass is 35.5. The third kappa shape index (κ3) is 3.11. The van der Waals surface area contributed by atoms with Crippen LogP contribution in [0, 0.1) is 0 Å². The zero-order valence-electron chi connectivity index (χ0n) is 12.7. The van der Waals surface area contributed by atoms with Gasteiger partial charge < -0.3 is 10.4 Å². The molecule has 0 aliphatic carbocycles. The van der Waals surface area contributed by atoms with E-state index in [2.05, 4.69) is 15.3 Å². The lowest BCUT2D eigenvalue weighted by molar-refractivity contribution is -0.137. The standard InChI is InChI=1S/C14H11Cl2N5O4/c1-20-11-10(12(24)19-14(20)25)21(5-9(22)23)13(18-11)17-6-2-3-7(15)8(16)4-6/h2-4H,5H2,1H3,(H,17,18)(H,22,23)(H,19,24,25). The number of nitrogens with zero attached hydrogens (tertiary/aromatic N) is 3. The molecule has 0 spiro atoms. The molecule has 3 aromatic rings. The first-order valence-corrected chi connectivity index (χ1v) is 7.67. The highest BCUT2D eigenvalue weighted by Crippen LogP contribution is 2.27. The monoisotopic (exact) mass is 383 g/mol. The SMILES string of the molecule is Cn1c(=O)[nH]c(=O)c2c1nc(Nc1ccc(Cl)c(Cl)c1)n2CC(=O)O. The molecule has 3 rings (SSSR count). The minimum atomic E-state index is -1.18. The number of aromatic amines is 1. The summed E-state index contributed by atoms with van der Waals surface area (Å²) >= 11 is 11.8. The number of carbonyl (C=O) groups is 1. The molecule has 25 heavy (non-hydrogen) atoms. The lowest BCUT2D eigenvalue weighted by atomic mass is 10.3. The summed E-state index contributed by atoms with van der Waals surface area (Å²) < 4.78 is 2.29. The number of carboxylic acids is 1. The van der Waals surface area contributed by atoms with Gasteiger partial charge in [0.2, 0.25) is 5.95 Å². The highest BCUT2D eigenvalue weighted by Gasteiger charge is 2.19. The number of aliphatic carboxylic acids is 1. The van der Waals surface area contributed by atoms with E-state index in [1.54, 1.807) is 12.1 Å². The normalized spacial score (nSPS) is 11.0. The van der Waals surface area contributed by atoms with Crippen molar-refractivity contribution in [3.63, 3.8) is 0 Å². The van der Waals surface area contributed by atoms with Crippen LogP contribution in [0.15, 0.2) is 27.8 Å². The third-order valence-electron chi connectivity index (χ3n) is 3.48. The van der Waals surface area contributed by atoms with Crippen molar-refractivity contribution in [3.05, 3.63) is 49.1 Å². The van der Waals surface area contributed by atoms with Crippen LogP contribution in [-0.4, -0.2) is 30.2 Å². The first kappa shape index (κ1) is 17.1. The van der Waals surface area contributed by atoms with Crippen LogP contribution in [0.25, 0.3) is 11.2 Å². The molecule has 0 saturated carbocycles. The van der Waals surface area contributed by atoms with E-state index in [0.717, 1.165) is 4.57 Å². The fourth-order valence-corrected chi connectivity index (χ4v) is 2.62. The summed E-state index contributed by atoms with van der Waals surface area (Å²) in [5.41, 5.74) is -0.880. The maximum absolute atomic E-state index is 12.1. The number of halogens is 2. The van der Waals surface area contributed by atoms with Crippen LogP contribution in [0.2, 0.25) is 10.0 Å². The second-order valence-electron chi connectivity index (χ2n) is 5.16. The van der Waals surface area contributed by atoms with Crippen LogP contribution in [-0.2, 0) is 18.4 Å². The number of fused-ring (bicyclic) bond motifs is 1. The Balaban J connectivity index is 2.22. The molecule has 0 saturated heterocycles. The molecule has 0 radical (unpaired) electrons. The Kier molecular flexibility index (Phi) is 4.27. The summed E-state index contributed by atoms with van der Waals surface area (Å²) in [6, 6.07) is 4.69. The van der Waals surface area contributed by atoms with Gasteiger partial charge in [0.15, 0.2) is 11.2 Å². The lowest BCUT2D eigenvalue weighted by Crippen LogP contribution is -2.29. The molecule has 11 heteroatoms. The van der Waals surface area contributed by atoms with E-state index in [-0.39, 0.29) is 22.1 Å². The highest BCUT2D eigenvalue weighted by molar-refractivity contribution is 6.42. The third-order valence-corrected chi connectivity index (χ3v) is 4.22. The zero-order valence-corrected chi connectivity index (χ0v) is 14.2. The molecule has 9 nitrogen and oxygen atoms in total. The Morgan fingerprint density at radius 3 is 2.68 bits per heavy atom. The topological polar surface area (TPSA) is 122 Å². The van der Waals surface area contributed by atoms with Crippen molar-refractivity contribution in [2.24, 2.45) is 7.05 Å². The fraction of sp³-hybridized carbons (Fsp3) is 0.143. The Morgan fingerprint density at radius 1 is 1.32 bits per heavy atom. The van der Waals surface area contributed by atoms with Crippen molar-refractivity contribution in [2.75, 3.05) is 5.32 Å². The Labute approximate surface area is 149 Å². The average Bonchev–Trinajstić information content (AvgIpc) is 2.87. The second kappa shape index (κ2) is 6.26. The number of aryl methyl sites for hydroxylation is 1. The lowest BCUT2D eigenvalue weighted by Gasteiger charge is -2.09. The van der Waals surface area contributed by atoms with Gasteiger partial charge in [0, 0.05) is 12.7 Å². The average molecular weight is 384 g/mol. The predicted octanol–water partition coefficient (Wildman–Crippen LogP) is 1.56. The number of nitrogens with one attached hydrogen (secondary N) is 2. The van der Waals surface area contributed by atoms with E-state index in [0.29, 0.717) is 10.7 Å². The summed E-state index contributed by atoms with van der Waals surface area (Å²) in [5.74, 6) is -1.10. The molecule has 0 bridgehead atoms. The summed E-state index contributed by atoms with van der Waals surface area (Å²) in [6.07, 6.45) is 0. The van der Waals surface area contributed by atoms with Crippen LogP contribution in [0.3, 0.4) is 0 Å². The van der Waals surface area contributed by atoms with Gasteiger partial charge in [0.25, 0.3) is 5.56 Å². The van der Waals surface area contributed by atoms with E-state index in [1.165, 1.54) is 17.7 Å². The van der Waals surface area contributed by atoms with E-state index in [1.807, 2.05) is 0 Å². The van der Waals surface area contributed by atoms with Gasteiger partial charge in [-0.1, -0.05) is 23.2 Å². The molecule has 0 aliphatic heterocycles. The van der Waals surface area contributed by atoms with Gasteiger partial charge in [-0.05, 0) is 18.2 Å². The second-order valence-corrected chi connectivity index (χ2v) is 5.97. The first-order valence-electron chi connectivity index (χ1n) is 6.91. The van der Waals surface area contributed by atoms with E-state index >= 15 is 0 Å². The number of anilines is 2. The van der Waals surface area contributed by atoms with Crippen molar-refractivity contribution < 1.29 is 9.90 Å². The van der Waals surface area contributed by atoms with Crippen LogP contribution >= 0.6 is 23.2 Å². The Bertz CT molecular complexity index is 1110. The number of hydrogen-bond acceptors (Lipinski definition) is 5. The van der Waals surface area contributed by atoms with E-state index in [9.17, 15) is 14.4 Å². The number of imidazole rings is 1. The molecule has 0 fully saturated rings. The molecule has 0 amide bonds. The number of hydrogen-bond donors (Lipinski definition) is 3. The number of benzene rings is 1. The van der Waals surface area contributed by atoms with Gasteiger partial charge in [0.05, 0.1) is 10.0 Å². The van der Waals surface area contributed by atoms with Crippen LogP contribution < -0.4 is 16.6 Å². The summed E-state index contributed by atoms with van der Waals surface area (Å²) in [7, 11) is 1.42. The van der Waals surface area contributed by atoms with E-state index in [4.69, 9.17) is 28.3 Å². The molecule has 0 unspecified atom stereocenters. The Hall–Kier alpha value is -2.78. The van der Waals surface area contributed by atoms with Gasteiger partial charge in [-0.25, -0.2) is 4.79 Å². The smallest absolute Gasteiger partial charge is 0.329 e. The summed E-state index contributed by atoms with van der Waals surface area (Å²) in [4.78, 5) is 41.3. The number of H-pyrrole nitrogens is 1. The van der Waals surface area contributed by atoms with Gasteiger partial charge in [0.1, 0.15) is 6.54 Å². The van der Waals surface area contributed by atoms with Gasteiger partial charge in [-0.2, -0.15) is 4.98 Å². The molecule has 2 aromatic heterocycles. The summed E-state index contributed by atoms with van der Waals surface area (Å²) in [5, 5.41) is 12.7. The first-order chi connectivity index (χ1) is 11.8. The quantitative estimate of drug-likeness (QED) is 0.628. The van der Waals surface area contributed by atoms with Crippen molar-refractivity contribution in [2.45, 2.75) is 6.54 Å². The van der Waals surface area contributed by atoms with Gasteiger partial charge in [-0.15, -0.1) is 0 Å². The molecule has 130 valence electrons. The van der Waals surface area contributed by atoms with Gasteiger partial charge in [-0.3, -0.25) is 23.7 Å². The van der Waals surface area contributed by atoms with E-state index < -0.39 is 23.8 Å². The van der Waals surface area contributed by atoms with Crippen LogP contribution in [0.1, 0.15) is 0 Å². The minimum Gasteiger partial charge on any atom is -0.480 e. The van der Waals surface area contributed by atoms with Crippen molar-refractivity contribution in [1.29, 1.82) is 0 Å². The van der Waals surface area contributed by atoms with Crippen LogP contribution in [0.4, 0.5) is 11.6 Å². The van der Waals surface area contributed by atoms with Crippen LogP contribution in [0.5, 0.6) is 0 Å². The van der Waals surface area contributed by atoms with Crippen molar-refractivity contribution >= 4 is 52.0 Å². The minimum absolute atomic E-state index is 0.0351. The maximum atomic E-state index is 12.1. The molecule has 3 N–H and O–H groups in total. The van der Waals surface area contributed by atoms with Crippen molar-refractivity contribution in [3.8, 4) is 0 Å². The molecular weight excluding hydrogens is 373 g/mol. The van der Waals surface area contributed by atoms with Gasteiger partial charge >= 0.3 is 11.7 Å². The molecular formula is C14H11Cl2N5O4. The molecule has 1 aromatic carbocycles. The summed E-state index contributed by atoms with van der Waals surface area (Å²) in [6.45, 7) is -0.526. The maximum Gasteiger partial charge on any atom is 0.329 e. The largest absolute Gasteiger partial charge is 0.480 e. The zero-order chi connectivity index (χ0) is 18.3. The molecule has 0 atom stereocenters. The predicted molar refractivity (Wildman–Crippen MR) is 93.0 cm³/mol. The van der Waals surface area contributed by atoms with Crippen molar-refractivity contribution in [1.82, 2.24) is 19.1 Å². The number of carboxylic acid groups (broad SMARTS) is 1.